The first kappa shape index (κ1) is 22.7. The molecule has 10 heteroatoms. The summed E-state index contributed by atoms with van der Waals surface area (Å²) >= 11 is 6.02. The van der Waals surface area contributed by atoms with Gasteiger partial charge in [0.15, 0.2) is 11.5 Å². The maximum absolute atomic E-state index is 12.2. The lowest BCUT2D eigenvalue weighted by atomic mass is 9.50. The van der Waals surface area contributed by atoms with E-state index in [1.807, 2.05) is 6.07 Å². The molecule has 2 aromatic rings. The Hall–Kier alpha value is -2.13. The molecule has 178 valence electrons. The van der Waals surface area contributed by atoms with E-state index in [-0.39, 0.29) is 41.9 Å². The van der Waals surface area contributed by atoms with Crippen LogP contribution < -0.4 is 10.0 Å². The summed E-state index contributed by atoms with van der Waals surface area (Å²) in [7, 11) is -3.68. The Morgan fingerprint density at radius 1 is 1.18 bits per heavy atom. The lowest BCUT2D eigenvalue weighted by Crippen LogP contribution is -2.55. The highest BCUT2D eigenvalue weighted by molar-refractivity contribution is 7.90. The fourth-order valence-electron chi connectivity index (χ4n) is 5.35. The third-order valence-electron chi connectivity index (χ3n) is 7.35. The number of amides is 2. The van der Waals surface area contributed by atoms with Gasteiger partial charge in [0.25, 0.3) is 0 Å². The highest BCUT2D eigenvalue weighted by Gasteiger charge is 2.54. The number of rotatable bonds is 8. The van der Waals surface area contributed by atoms with Crippen LogP contribution in [0.3, 0.4) is 0 Å². The predicted molar refractivity (Wildman–Crippen MR) is 123 cm³/mol. The molecule has 0 saturated heterocycles. The molecule has 1 aromatic heterocycles. The van der Waals surface area contributed by atoms with Gasteiger partial charge < -0.3 is 9.73 Å². The van der Waals surface area contributed by atoms with Gasteiger partial charge in [-0.25, -0.2) is 13.4 Å². The number of aromatic nitrogens is 1. The maximum atomic E-state index is 12.2. The summed E-state index contributed by atoms with van der Waals surface area (Å²) in [6.07, 6.45) is 6.64. The van der Waals surface area contributed by atoms with Gasteiger partial charge in [-0.3, -0.25) is 14.3 Å². The summed E-state index contributed by atoms with van der Waals surface area (Å²) < 4.78 is 32.1. The van der Waals surface area contributed by atoms with Crippen LogP contribution in [0.1, 0.15) is 69.6 Å². The number of carbonyl (C=O) groups is 2. The molecule has 8 nitrogen and oxygen atoms in total. The van der Waals surface area contributed by atoms with Gasteiger partial charge in [0.05, 0.1) is 5.75 Å². The van der Waals surface area contributed by atoms with Crippen LogP contribution >= 0.6 is 11.6 Å². The van der Waals surface area contributed by atoms with Crippen LogP contribution in [0.5, 0.6) is 0 Å². The van der Waals surface area contributed by atoms with Crippen molar-refractivity contribution in [2.24, 2.45) is 11.3 Å². The number of sulfonamides is 1. The van der Waals surface area contributed by atoms with Crippen LogP contribution in [-0.2, 0) is 19.6 Å². The van der Waals surface area contributed by atoms with Gasteiger partial charge in [-0.1, -0.05) is 18.0 Å². The van der Waals surface area contributed by atoms with Crippen LogP contribution in [0.4, 0.5) is 0 Å². The zero-order valence-electron chi connectivity index (χ0n) is 18.3. The van der Waals surface area contributed by atoms with Gasteiger partial charge in [-0.2, -0.15) is 0 Å². The number of hydrogen-bond acceptors (Lipinski definition) is 6. The Morgan fingerprint density at radius 3 is 2.64 bits per heavy atom. The second-order valence-electron chi connectivity index (χ2n) is 9.96. The molecule has 2 N–H and O–H groups in total. The van der Waals surface area contributed by atoms with Crippen molar-refractivity contribution >= 4 is 44.5 Å². The molecule has 33 heavy (non-hydrogen) atoms. The highest BCUT2D eigenvalue weighted by Crippen LogP contribution is 2.61. The lowest BCUT2D eigenvalue weighted by Gasteiger charge is -2.57. The zero-order chi connectivity index (χ0) is 23.2. The van der Waals surface area contributed by atoms with Crippen molar-refractivity contribution in [3.05, 3.63) is 29.1 Å². The Bertz CT molecular complexity index is 1180. The summed E-state index contributed by atoms with van der Waals surface area (Å²) in [5.41, 5.74) is 1.77. The van der Waals surface area contributed by atoms with Crippen molar-refractivity contribution in [2.45, 2.75) is 69.7 Å². The van der Waals surface area contributed by atoms with Crippen molar-refractivity contribution in [3.63, 3.8) is 0 Å². The minimum absolute atomic E-state index is 0.135. The van der Waals surface area contributed by atoms with Crippen LogP contribution in [-0.4, -0.2) is 37.0 Å². The van der Waals surface area contributed by atoms with Gasteiger partial charge >= 0.3 is 0 Å². The first-order chi connectivity index (χ1) is 15.7. The molecule has 1 aromatic carbocycles. The number of oxazole rings is 1. The summed E-state index contributed by atoms with van der Waals surface area (Å²) in [5, 5.41) is 3.65. The number of halogens is 1. The molecule has 2 amide bonds. The fraction of sp³-hybridized carbons (Fsp3) is 0.609. The molecule has 3 aliphatic carbocycles. The molecule has 0 unspecified atom stereocenters. The number of carbonyl (C=O) groups excluding carboxylic acids is 2. The van der Waals surface area contributed by atoms with Crippen molar-refractivity contribution < 1.29 is 22.4 Å². The average molecular weight is 494 g/mol. The number of benzene rings is 1. The van der Waals surface area contributed by atoms with Gasteiger partial charge in [0.1, 0.15) is 5.52 Å². The van der Waals surface area contributed by atoms with E-state index in [0.29, 0.717) is 10.9 Å². The first-order valence-corrected chi connectivity index (χ1v) is 13.6. The third-order valence-corrected chi connectivity index (χ3v) is 8.92. The molecular weight excluding hydrogens is 466 g/mol. The van der Waals surface area contributed by atoms with Crippen LogP contribution in [0.2, 0.25) is 5.02 Å². The molecule has 0 bridgehead atoms. The van der Waals surface area contributed by atoms with Crippen molar-refractivity contribution in [1.82, 2.24) is 15.0 Å². The Kier molecular flexibility index (Phi) is 5.89. The summed E-state index contributed by atoms with van der Waals surface area (Å²) in [4.78, 5) is 28.6. The molecule has 3 saturated carbocycles. The maximum Gasteiger partial charge on any atom is 0.236 e. The zero-order valence-corrected chi connectivity index (χ0v) is 19.9. The van der Waals surface area contributed by atoms with E-state index < -0.39 is 15.9 Å². The van der Waals surface area contributed by atoms with Gasteiger partial charge in [0.2, 0.25) is 21.8 Å². The number of nitrogens with one attached hydrogen (secondary N) is 2. The topological polar surface area (TPSA) is 118 Å². The normalized spacial score (nSPS) is 26.9. The molecule has 5 rings (SSSR count). The van der Waals surface area contributed by atoms with Crippen molar-refractivity contribution in [3.8, 4) is 0 Å². The highest BCUT2D eigenvalue weighted by atomic mass is 35.5. The van der Waals surface area contributed by atoms with E-state index >= 15 is 0 Å². The van der Waals surface area contributed by atoms with Gasteiger partial charge in [0, 0.05) is 29.3 Å². The summed E-state index contributed by atoms with van der Waals surface area (Å²) in [5.74, 6) is 0.114. The Labute approximate surface area is 197 Å². The molecular formula is C23H28ClN3O5S. The number of hydrogen-bond donors (Lipinski definition) is 2. The molecule has 3 aliphatic rings. The van der Waals surface area contributed by atoms with E-state index in [2.05, 4.69) is 15.0 Å². The monoisotopic (exact) mass is 493 g/mol. The summed E-state index contributed by atoms with van der Waals surface area (Å²) in [6, 6.07) is 5.57. The quantitative estimate of drug-likeness (QED) is 0.579. The van der Waals surface area contributed by atoms with Gasteiger partial charge in [-0.15, -0.1) is 0 Å². The fourth-order valence-corrected chi connectivity index (χ4v) is 6.62. The summed E-state index contributed by atoms with van der Waals surface area (Å²) in [6.45, 7) is 0. The smallest absolute Gasteiger partial charge is 0.236 e. The molecule has 0 aliphatic heterocycles. The molecule has 1 heterocycles. The molecule has 0 radical (unpaired) electrons. The number of fused-ring (bicyclic) bond motifs is 1. The first-order valence-electron chi connectivity index (χ1n) is 11.6. The second kappa shape index (κ2) is 8.58. The largest absolute Gasteiger partial charge is 0.440 e. The van der Waals surface area contributed by atoms with Crippen LogP contribution in [0.15, 0.2) is 22.6 Å². The van der Waals surface area contributed by atoms with E-state index in [1.165, 1.54) is 0 Å². The molecule has 0 atom stereocenters. The SMILES string of the molecule is O=C(CCCS(=O)(=O)NC(=O)C1CCC1)NC1CC2(C1)CC(c1nc3cc(Cl)ccc3o1)C2. The minimum atomic E-state index is -3.68. The average Bonchev–Trinajstić information content (AvgIpc) is 3.02. The van der Waals surface area contributed by atoms with Crippen LogP contribution in [0, 0.1) is 11.3 Å². The van der Waals surface area contributed by atoms with E-state index in [9.17, 15) is 18.0 Å². The van der Waals surface area contributed by atoms with E-state index in [1.54, 1.807) is 12.1 Å². The van der Waals surface area contributed by atoms with E-state index in [0.717, 1.165) is 61.9 Å². The van der Waals surface area contributed by atoms with Gasteiger partial charge in [-0.05, 0) is 68.6 Å². The van der Waals surface area contributed by atoms with Crippen molar-refractivity contribution in [2.75, 3.05) is 5.75 Å². The second-order valence-corrected chi connectivity index (χ2v) is 12.2. The van der Waals surface area contributed by atoms with Crippen molar-refractivity contribution in [1.29, 1.82) is 0 Å². The third kappa shape index (κ3) is 4.89. The van der Waals surface area contributed by atoms with E-state index in [4.69, 9.17) is 16.0 Å². The minimum Gasteiger partial charge on any atom is -0.440 e. The molecule has 3 fully saturated rings. The predicted octanol–water partition coefficient (Wildman–Crippen LogP) is 3.65. The molecule has 1 spiro atoms. The number of nitrogens with zero attached hydrogens (tertiary/aromatic N) is 1. The van der Waals surface area contributed by atoms with Crippen LogP contribution in [0.25, 0.3) is 11.1 Å². The Balaban J connectivity index is 1.01. The standard InChI is InChI=1S/C23H28ClN3O5S/c24-16-6-7-19-18(9-16)26-22(32-19)15-10-23(11-15)12-17(13-23)25-20(28)5-2-8-33(30,31)27-21(29)14-3-1-4-14/h6-7,9,14-15,17H,1-5,8,10-13H2,(H,25,28)(H,27,29). The lowest BCUT2D eigenvalue weighted by molar-refractivity contribution is -0.126. The Morgan fingerprint density at radius 2 is 1.94 bits per heavy atom.